The number of halogens is 1. The number of hydrogen-bond acceptors (Lipinski definition) is 8. The molecular formula is C35H35ClN2O6. The Morgan fingerprint density at radius 2 is 1.07 bits per heavy atom. The predicted octanol–water partition coefficient (Wildman–Crippen LogP) is 8.20. The lowest BCUT2D eigenvalue weighted by atomic mass is 10.1. The number of esters is 2. The molecule has 0 aliphatic rings. The van der Waals surface area contributed by atoms with Crippen molar-refractivity contribution in [3.63, 3.8) is 0 Å². The molecule has 2 heterocycles. The third-order valence-corrected chi connectivity index (χ3v) is 6.57. The van der Waals surface area contributed by atoms with Gasteiger partial charge in [-0.05, 0) is 101 Å². The lowest BCUT2D eigenvalue weighted by molar-refractivity contribution is 0.0587. The van der Waals surface area contributed by atoms with Crippen LogP contribution in [0.5, 0.6) is 23.3 Å². The summed E-state index contributed by atoms with van der Waals surface area (Å²) in [5, 5.41) is 0.250. The highest BCUT2D eigenvalue weighted by molar-refractivity contribution is 6.29. The van der Waals surface area contributed by atoms with E-state index in [0.29, 0.717) is 17.2 Å². The number of pyridine rings is 2. The summed E-state index contributed by atoms with van der Waals surface area (Å²) >= 11 is 5.89. The average Bonchev–Trinajstić information content (AvgIpc) is 2.96. The fraction of sp³-hybridized carbons (Fsp3) is 0.257. The Kier molecular flexibility index (Phi) is 11.5. The number of hydrogen-bond donors (Lipinski definition) is 0. The number of nitrogens with zero attached hydrogens (tertiary/aromatic N) is 2. The van der Waals surface area contributed by atoms with Gasteiger partial charge in [0, 0.05) is 0 Å². The van der Waals surface area contributed by atoms with Crippen molar-refractivity contribution in [2.24, 2.45) is 0 Å². The number of rotatable bonds is 6. The van der Waals surface area contributed by atoms with Crippen molar-refractivity contribution >= 4 is 23.5 Å². The molecule has 4 aromatic rings. The molecule has 0 saturated heterocycles. The van der Waals surface area contributed by atoms with Gasteiger partial charge in [-0.25, -0.2) is 19.6 Å². The van der Waals surface area contributed by atoms with Crippen LogP contribution < -0.4 is 9.47 Å². The quantitative estimate of drug-likeness (QED) is 0.122. The molecule has 8 nitrogen and oxygen atoms in total. The first-order valence-corrected chi connectivity index (χ1v) is 14.0. The molecular weight excluding hydrogens is 580 g/mol. The molecule has 0 radical (unpaired) electrons. The van der Waals surface area contributed by atoms with Crippen LogP contribution in [0.15, 0.2) is 48.5 Å². The molecule has 0 spiro atoms. The van der Waals surface area contributed by atoms with Crippen LogP contribution in [-0.2, 0) is 9.47 Å². The highest BCUT2D eigenvalue weighted by Gasteiger charge is 2.19. The molecule has 0 unspecified atom stereocenters. The summed E-state index contributed by atoms with van der Waals surface area (Å²) in [5.74, 6) is 6.34. The maximum absolute atomic E-state index is 11.9. The van der Waals surface area contributed by atoms with Crippen molar-refractivity contribution in [1.29, 1.82) is 0 Å². The first-order chi connectivity index (χ1) is 20.9. The van der Waals surface area contributed by atoms with Crippen molar-refractivity contribution < 1.29 is 28.5 Å². The van der Waals surface area contributed by atoms with Gasteiger partial charge in [0.15, 0.2) is 0 Å². The van der Waals surface area contributed by atoms with Crippen molar-refractivity contribution in [1.82, 2.24) is 9.97 Å². The SMILES string of the molecule is CC#Cc1ccc(C(=O)OC)c(Oc2c(C)cc(C)cc2C)n1.COC(=O)c1ccc(Cl)nc1Oc1c(C)cc(C)cc1C. The molecule has 0 amide bonds. The minimum atomic E-state index is -0.517. The zero-order chi connectivity index (χ0) is 32.6. The van der Waals surface area contributed by atoms with E-state index >= 15 is 0 Å². The van der Waals surface area contributed by atoms with Crippen molar-refractivity contribution in [2.75, 3.05) is 14.2 Å². The number of ether oxygens (including phenoxy) is 4. The summed E-state index contributed by atoms with van der Waals surface area (Å²) < 4.78 is 21.3. The Morgan fingerprint density at radius 1 is 0.659 bits per heavy atom. The number of methoxy groups -OCH3 is 2. The van der Waals surface area contributed by atoms with Crippen LogP contribution in [0.1, 0.15) is 66.7 Å². The van der Waals surface area contributed by atoms with Gasteiger partial charge in [-0.1, -0.05) is 52.9 Å². The van der Waals surface area contributed by atoms with E-state index in [9.17, 15) is 9.59 Å². The molecule has 2 aromatic heterocycles. The number of benzene rings is 2. The standard InChI is InChI=1S/C19H19NO3.C16H16ClNO3/c1-6-7-15-8-9-16(19(21)22-5)18(20-15)23-17-13(3)10-12(2)11-14(17)4;1-9-7-10(2)14(11(3)8-9)21-15-12(16(19)20-4)5-6-13(17)18-15/h8-11H,1-5H3;5-8H,1-4H3. The monoisotopic (exact) mass is 614 g/mol. The molecule has 0 aliphatic heterocycles. The lowest BCUT2D eigenvalue weighted by Gasteiger charge is -2.14. The first kappa shape index (κ1) is 33.6. The smallest absolute Gasteiger partial charge is 0.343 e. The van der Waals surface area contributed by atoms with E-state index in [0.717, 1.165) is 33.4 Å². The maximum atomic E-state index is 11.9. The minimum Gasteiger partial charge on any atom is -0.465 e. The first-order valence-electron chi connectivity index (χ1n) is 13.7. The molecule has 9 heteroatoms. The van der Waals surface area contributed by atoms with Gasteiger partial charge < -0.3 is 18.9 Å². The average molecular weight is 615 g/mol. The third kappa shape index (κ3) is 8.36. The van der Waals surface area contributed by atoms with Gasteiger partial charge in [-0.3, -0.25) is 0 Å². The van der Waals surface area contributed by atoms with Gasteiger partial charge in [-0.15, -0.1) is 0 Å². The van der Waals surface area contributed by atoms with E-state index in [-0.39, 0.29) is 28.0 Å². The topological polar surface area (TPSA) is 96.8 Å². The van der Waals surface area contributed by atoms with Crippen LogP contribution in [0, 0.1) is 53.4 Å². The van der Waals surface area contributed by atoms with Gasteiger partial charge in [0.2, 0.25) is 11.8 Å². The van der Waals surface area contributed by atoms with Crippen molar-refractivity contribution in [3.8, 4) is 35.1 Å². The predicted molar refractivity (Wildman–Crippen MR) is 170 cm³/mol. The van der Waals surface area contributed by atoms with E-state index in [2.05, 4.69) is 21.8 Å². The largest absolute Gasteiger partial charge is 0.465 e. The summed E-state index contributed by atoms with van der Waals surface area (Å²) in [4.78, 5) is 32.1. The van der Waals surface area contributed by atoms with E-state index in [1.807, 2.05) is 65.8 Å². The van der Waals surface area contributed by atoms with Gasteiger partial charge in [0.25, 0.3) is 0 Å². The second-order valence-corrected chi connectivity index (χ2v) is 10.4. The van der Waals surface area contributed by atoms with Gasteiger partial charge in [-0.2, -0.15) is 0 Å². The summed E-state index contributed by atoms with van der Waals surface area (Å²) in [5.41, 5.74) is 7.23. The van der Waals surface area contributed by atoms with Crippen LogP contribution in [-0.4, -0.2) is 36.1 Å². The fourth-order valence-corrected chi connectivity index (χ4v) is 4.73. The Hall–Kier alpha value is -4.87. The molecule has 0 N–H and O–H groups in total. The molecule has 2 aromatic carbocycles. The van der Waals surface area contributed by atoms with E-state index < -0.39 is 11.9 Å². The normalized spacial score (nSPS) is 10.0. The van der Waals surface area contributed by atoms with Crippen LogP contribution >= 0.6 is 11.6 Å². The number of aromatic nitrogens is 2. The zero-order valence-electron chi connectivity index (χ0n) is 26.3. The van der Waals surface area contributed by atoms with Gasteiger partial charge >= 0.3 is 11.9 Å². The van der Waals surface area contributed by atoms with Crippen LogP contribution in [0.25, 0.3) is 0 Å². The Morgan fingerprint density at radius 3 is 1.48 bits per heavy atom. The summed E-state index contributed by atoms with van der Waals surface area (Å²) in [6, 6.07) is 14.4. The Bertz CT molecular complexity index is 1730. The second kappa shape index (κ2) is 15.0. The minimum absolute atomic E-state index is 0.143. The second-order valence-electron chi connectivity index (χ2n) is 10.1. The number of carbonyl (C=O) groups excluding carboxylic acids is 2. The molecule has 0 fully saturated rings. The highest BCUT2D eigenvalue weighted by atomic mass is 35.5. The third-order valence-electron chi connectivity index (χ3n) is 6.36. The number of aryl methyl sites for hydroxylation is 6. The molecule has 0 bridgehead atoms. The molecule has 0 aliphatic carbocycles. The van der Waals surface area contributed by atoms with Crippen LogP contribution in [0.4, 0.5) is 0 Å². The summed E-state index contributed by atoms with van der Waals surface area (Å²) in [6.07, 6.45) is 0. The van der Waals surface area contributed by atoms with Crippen molar-refractivity contribution in [3.05, 3.63) is 104 Å². The van der Waals surface area contributed by atoms with Gasteiger partial charge in [0.05, 0.1) is 14.2 Å². The molecule has 0 atom stereocenters. The number of carbonyl (C=O) groups is 2. The van der Waals surface area contributed by atoms with Gasteiger partial charge in [0.1, 0.15) is 33.5 Å². The summed E-state index contributed by atoms with van der Waals surface area (Å²) in [6.45, 7) is 13.6. The van der Waals surface area contributed by atoms with Crippen LogP contribution in [0.3, 0.4) is 0 Å². The van der Waals surface area contributed by atoms with E-state index in [1.165, 1.54) is 26.4 Å². The fourth-order valence-electron chi connectivity index (χ4n) is 4.59. The molecule has 44 heavy (non-hydrogen) atoms. The molecule has 4 rings (SSSR count). The molecule has 228 valence electrons. The Balaban J connectivity index is 0.000000241. The summed E-state index contributed by atoms with van der Waals surface area (Å²) in [7, 11) is 2.64. The zero-order valence-corrected chi connectivity index (χ0v) is 27.1. The van der Waals surface area contributed by atoms with Crippen LogP contribution in [0.2, 0.25) is 5.15 Å². The van der Waals surface area contributed by atoms with E-state index in [1.54, 1.807) is 19.1 Å². The molecule has 0 saturated carbocycles. The highest BCUT2D eigenvalue weighted by Crippen LogP contribution is 2.33. The van der Waals surface area contributed by atoms with Crippen molar-refractivity contribution in [2.45, 2.75) is 48.5 Å². The van der Waals surface area contributed by atoms with E-state index in [4.69, 9.17) is 30.5 Å². The lowest BCUT2D eigenvalue weighted by Crippen LogP contribution is -2.07. The Labute approximate surface area is 263 Å². The maximum Gasteiger partial charge on any atom is 0.343 e.